The molecule has 3 aromatic rings. The maximum Gasteiger partial charge on any atom is 0.255 e. The second-order valence-corrected chi connectivity index (χ2v) is 9.07. The highest BCUT2D eigenvalue weighted by molar-refractivity contribution is 7.10. The number of methoxy groups -OCH3 is 1. The van der Waals surface area contributed by atoms with Crippen LogP contribution in [0, 0.1) is 12.8 Å². The first-order valence-corrected chi connectivity index (χ1v) is 11.6. The molecule has 6 heteroatoms. The molecule has 4 rings (SSSR count). The first-order valence-electron chi connectivity index (χ1n) is 10.8. The number of thiophene rings is 1. The van der Waals surface area contributed by atoms with E-state index in [0.29, 0.717) is 17.2 Å². The number of carbonyl (C=O) groups is 1. The summed E-state index contributed by atoms with van der Waals surface area (Å²) in [5.41, 5.74) is 2.82. The van der Waals surface area contributed by atoms with Crippen molar-refractivity contribution in [1.82, 2.24) is 15.2 Å². The van der Waals surface area contributed by atoms with E-state index >= 15 is 0 Å². The summed E-state index contributed by atoms with van der Waals surface area (Å²) < 4.78 is 5.40. The third-order valence-electron chi connectivity index (χ3n) is 5.99. The van der Waals surface area contributed by atoms with Gasteiger partial charge in [0.1, 0.15) is 5.75 Å². The van der Waals surface area contributed by atoms with Gasteiger partial charge in [-0.05, 0) is 73.5 Å². The van der Waals surface area contributed by atoms with Gasteiger partial charge in [0.2, 0.25) is 0 Å². The Morgan fingerprint density at radius 3 is 2.84 bits per heavy atom. The Bertz CT molecular complexity index is 1000. The molecule has 0 radical (unpaired) electrons. The summed E-state index contributed by atoms with van der Waals surface area (Å²) in [5.74, 6) is 0.750. The lowest BCUT2D eigenvalue weighted by Gasteiger charge is -2.37. The molecule has 162 valence electrons. The molecule has 1 fully saturated rings. The highest BCUT2D eigenvalue weighted by atomic mass is 32.1. The van der Waals surface area contributed by atoms with Crippen LogP contribution in [0.3, 0.4) is 0 Å². The van der Waals surface area contributed by atoms with Gasteiger partial charge in [0.05, 0.1) is 24.4 Å². The number of rotatable bonds is 7. The summed E-state index contributed by atoms with van der Waals surface area (Å²) in [5, 5.41) is 5.44. The van der Waals surface area contributed by atoms with E-state index in [1.54, 1.807) is 19.4 Å². The van der Waals surface area contributed by atoms with Crippen molar-refractivity contribution in [3.8, 4) is 5.75 Å². The highest BCUT2D eigenvalue weighted by Crippen LogP contribution is 2.31. The number of nitrogens with one attached hydrogen (secondary N) is 1. The van der Waals surface area contributed by atoms with Crippen LogP contribution >= 0.6 is 11.3 Å². The zero-order chi connectivity index (χ0) is 21.6. The number of nitrogens with zero attached hydrogens (tertiary/aromatic N) is 2. The maximum absolute atomic E-state index is 13.2. The van der Waals surface area contributed by atoms with E-state index in [-0.39, 0.29) is 11.9 Å². The fourth-order valence-electron chi connectivity index (χ4n) is 4.32. The number of para-hydroxylation sites is 1. The third kappa shape index (κ3) is 5.14. The van der Waals surface area contributed by atoms with E-state index in [9.17, 15) is 4.79 Å². The molecule has 1 N–H and O–H groups in total. The highest BCUT2D eigenvalue weighted by Gasteiger charge is 2.31. The Morgan fingerprint density at radius 2 is 2.10 bits per heavy atom. The molecule has 0 aliphatic carbocycles. The van der Waals surface area contributed by atoms with Gasteiger partial charge in [-0.15, -0.1) is 11.3 Å². The van der Waals surface area contributed by atoms with Crippen molar-refractivity contribution in [3.05, 3.63) is 81.8 Å². The first-order chi connectivity index (χ1) is 15.2. The molecule has 0 spiro atoms. The number of aryl methyl sites for hydroxylation is 1. The number of carbonyl (C=O) groups excluding carboxylic acids is 1. The molecule has 5 nitrogen and oxygen atoms in total. The summed E-state index contributed by atoms with van der Waals surface area (Å²) >= 11 is 1.82. The molecule has 0 saturated carbocycles. The van der Waals surface area contributed by atoms with Gasteiger partial charge >= 0.3 is 0 Å². The largest absolute Gasteiger partial charge is 0.496 e. The number of pyridine rings is 1. The van der Waals surface area contributed by atoms with Crippen molar-refractivity contribution >= 4 is 17.2 Å². The van der Waals surface area contributed by atoms with E-state index in [1.807, 2.05) is 47.7 Å². The quantitative estimate of drug-likeness (QED) is 0.577. The summed E-state index contributed by atoms with van der Waals surface area (Å²) in [6.07, 6.45) is 3.98. The van der Waals surface area contributed by atoms with Crippen LogP contribution in [0.1, 0.15) is 45.4 Å². The van der Waals surface area contributed by atoms with E-state index in [4.69, 9.17) is 4.74 Å². The minimum Gasteiger partial charge on any atom is -0.496 e. The van der Waals surface area contributed by atoms with Gasteiger partial charge in [0.15, 0.2) is 0 Å². The molecular weight excluding hydrogens is 406 g/mol. The van der Waals surface area contributed by atoms with Gasteiger partial charge in [0, 0.05) is 24.2 Å². The van der Waals surface area contributed by atoms with Gasteiger partial charge in [-0.1, -0.05) is 18.2 Å². The summed E-state index contributed by atoms with van der Waals surface area (Å²) in [4.78, 5) is 21.7. The summed E-state index contributed by atoms with van der Waals surface area (Å²) in [6, 6.07) is 15.3. The van der Waals surface area contributed by atoms with Crippen LogP contribution in [0.4, 0.5) is 0 Å². The van der Waals surface area contributed by atoms with E-state index in [0.717, 1.165) is 38.2 Å². The molecule has 1 aliphatic heterocycles. The maximum atomic E-state index is 13.2. The van der Waals surface area contributed by atoms with Crippen LogP contribution < -0.4 is 10.1 Å². The number of ether oxygens (including phenoxy) is 1. The number of amides is 1. The number of benzene rings is 1. The molecular formula is C25H29N3O2S. The monoisotopic (exact) mass is 435 g/mol. The standard InChI is InChI=1S/C25H29N3O2S/c1-18-12-15-31-23(18)17-28-14-7-8-19(16-28)24(21-10-5-6-13-26-21)27-25(29)20-9-3-4-11-22(20)30-2/h3-6,9-13,15,19,24H,7-8,14,16-17H2,1-2H3,(H,27,29). The molecule has 1 amide bonds. The Balaban J connectivity index is 1.55. The summed E-state index contributed by atoms with van der Waals surface area (Å²) in [7, 11) is 1.59. The molecule has 1 aliphatic rings. The van der Waals surface area contributed by atoms with Crippen molar-refractivity contribution in [2.24, 2.45) is 5.92 Å². The van der Waals surface area contributed by atoms with Crippen LogP contribution in [0.15, 0.2) is 60.1 Å². The Morgan fingerprint density at radius 1 is 1.26 bits per heavy atom. The van der Waals surface area contributed by atoms with Crippen LogP contribution in [0.2, 0.25) is 0 Å². The topological polar surface area (TPSA) is 54.5 Å². The normalized spacial score (nSPS) is 17.8. The Hall–Kier alpha value is -2.70. The average molecular weight is 436 g/mol. The Labute approximate surface area is 188 Å². The second-order valence-electron chi connectivity index (χ2n) is 8.07. The van der Waals surface area contributed by atoms with Crippen molar-refractivity contribution in [1.29, 1.82) is 0 Å². The van der Waals surface area contributed by atoms with E-state index in [1.165, 1.54) is 10.4 Å². The molecule has 2 atom stereocenters. The SMILES string of the molecule is COc1ccccc1C(=O)NC(c1ccccn1)C1CCCN(Cc2sccc2C)C1. The van der Waals surface area contributed by atoms with Gasteiger partial charge in [-0.2, -0.15) is 0 Å². The van der Waals surface area contributed by atoms with Crippen molar-refractivity contribution in [2.45, 2.75) is 32.4 Å². The van der Waals surface area contributed by atoms with Crippen molar-refractivity contribution in [3.63, 3.8) is 0 Å². The first kappa shape index (κ1) is 21.5. The minimum absolute atomic E-state index is 0.126. The molecule has 1 saturated heterocycles. The lowest BCUT2D eigenvalue weighted by molar-refractivity contribution is 0.0873. The molecule has 3 heterocycles. The predicted octanol–water partition coefficient (Wildman–Crippen LogP) is 4.84. The number of aromatic nitrogens is 1. The minimum atomic E-state index is -0.147. The van der Waals surface area contributed by atoms with Gasteiger partial charge < -0.3 is 10.1 Å². The summed E-state index contributed by atoms with van der Waals surface area (Å²) in [6.45, 7) is 5.17. The third-order valence-corrected chi connectivity index (χ3v) is 7.00. The number of hydrogen-bond acceptors (Lipinski definition) is 5. The van der Waals surface area contributed by atoms with Crippen LogP contribution in [0.25, 0.3) is 0 Å². The number of piperidine rings is 1. The van der Waals surface area contributed by atoms with Crippen molar-refractivity contribution in [2.75, 3.05) is 20.2 Å². The average Bonchev–Trinajstić information content (AvgIpc) is 3.22. The van der Waals surface area contributed by atoms with E-state index in [2.05, 4.69) is 33.6 Å². The molecule has 2 aromatic heterocycles. The van der Waals surface area contributed by atoms with Gasteiger partial charge in [-0.3, -0.25) is 14.7 Å². The lowest BCUT2D eigenvalue weighted by atomic mass is 9.88. The number of hydrogen-bond donors (Lipinski definition) is 1. The molecule has 0 bridgehead atoms. The van der Waals surface area contributed by atoms with Crippen LogP contribution in [-0.2, 0) is 6.54 Å². The van der Waals surface area contributed by atoms with Gasteiger partial charge in [-0.25, -0.2) is 0 Å². The smallest absolute Gasteiger partial charge is 0.255 e. The zero-order valence-electron chi connectivity index (χ0n) is 18.1. The lowest BCUT2D eigenvalue weighted by Crippen LogP contribution is -2.43. The zero-order valence-corrected chi connectivity index (χ0v) is 18.9. The Kier molecular flexibility index (Phi) is 6.99. The predicted molar refractivity (Wildman–Crippen MR) is 124 cm³/mol. The fraction of sp³-hybridized carbons (Fsp3) is 0.360. The van der Waals surface area contributed by atoms with Crippen molar-refractivity contribution < 1.29 is 9.53 Å². The van der Waals surface area contributed by atoms with Gasteiger partial charge in [0.25, 0.3) is 5.91 Å². The second kappa shape index (κ2) is 10.1. The van der Waals surface area contributed by atoms with Crippen LogP contribution in [0.5, 0.6) is 5.75 Å². The molecule has 31 heavy (non-hydrogen) atoms. The van der Waals surface area contributed by atoms with E-state index < -0.39 is 0 Å². The molecule has 1 aromatic carbocycles. The fourth-order valence-corrected chi connectivity index (χ4v) is 5.27. The van der Waals surface area contributed by atoms with Crippen LogP contribution in [-0.4, -0.2) is 36.0 Å². The number of likely N-dealkylation sites (tertiary alicyclic amines) is 1. The molecule has 2 unspecified atom stereocenters.